The number of rotatable bonds is 10. The molecule has 0 unspecified atom stereocenters. The highest BCUT2D eigenvalue weighted by molar-refractivity contribution is 5.95. The van der Waals surface area contributed by atoms with Gasteiger partial charge in [-0.1, -0.05) is 12.1 Å². The van der Waals surface area contributed by atoms with Crippen molar-refractivity contribution in [1.82, 2.24) is 24.6 Å². The molecular weight excluding hydrogens is 472 g/mol. The average Bonchev–Trinajstić information content (AvgIpc) is 3.31. The molecule has 3 aromatic heterocycles. The normalized spacial score (nSPS) is 10.6. The summed E-state index contributed by atoms with van der Waals surface area (Å²) in [6.07, 6.45) is 5.12. The molecule has 37 heavy (non-hydrogen) atoms. The minimum absolute atomic E-state index is 0.0864. The summed E-state index contributed by atoms with van der Waals surface area (Å²) in [4.78, 5) is 29.4. The third kappa shape index (κ3) is 6.28. The Morgan fingerprint density at radius 3 is 2.70 bits per heavy atom. The Morgan fingerprint density at radius 2 is 2.00 bits per heavy atom. The van der Waals surface area contributed by atoms with Gasteiger partial charge >= 0.3 is 0 Å². The van der Waals surface area contributed by atoms with Crippen LogP contribution in [0.5, 0.6) is 5.75 Å². The van der Waals surface area contributed by atoms with Crippen molar-refractivity contribution in [3.8, 4) is 11.8 Å². The van der Waals surface area contributed by atoms with Gasteiger partial charge in [-0.3, -0.25) is 19.3 Å². The van der Waals surface area contributed by atoms with E-state index in [1.54, 1.807) is 65.3 Å². The van der Waals surface area contributed by atoms with E-state index in [0.29, 0.717) is 41.2 Å². The molecule has 10 nitrogen and oxygen atoms in total. The number of methoxy groups -OCH3 is 2. The number of nitriles is 1. The SMILES string of the molecule is COCc1nn(Cc2ccc(Cn3ccccc3=O)nc2)cc1C(=O)NCc1cc(OC)ccc1C#N. The molecule has 1 amide bonds. The predicted octanol–water partition coefficient (Wildman–Crippen LogP) is 2.49. The maximum atomic E-state index is 13.0. The number of pyridine rings is 2. The smallest absolute Gasteiger partial charge is 0.255 e. The molecule has 10 heteroatoms. The molecule has 0 fully saturated rings. The van der Waals surface area contributed by atoms with Gasteiger partial charge in [-0.2, -0.15) is 10.4 Å². The third-order valence-electron chi connectivity index (χ3n) is 5.70. The molecule has 0 aliphatic carbocycles. The first-order valence-corrected chi connectivity index (χ1v) is 11.5. The second-order valence-electron chi connectivity index (χ2n) is 8.26. The minimum Gasteiger partial charge on any atom is -0.497 e. The largest absolute Gasteiger partial charge is 0.497 e. The second kappa shape index (κ2) is 11.8. The van der Waals surface area contributed by atoms with Gasteiger partial charge in [-0.05, 0) is 41.5 Å². The van der Waals surface area contributed by atoms with Crippen LogP contribution in [0.3, 0.4) is 0 Å². The molecule has 3 heterocycles. The van der Waals surface area contributed by atoms with Crippen molar-refractivity contribution >= 4 is 5.91 Å². The van der Waals surface area contributed by atoms with E-state index in [9.17, 15) is 14.9 Å². The molecule has 0 radical (unpaired) electrons. The fourth-order valence-electron chi connectivity index (χ4n) is 3.79. The summed E-state index contributed by atoms with van der Waals surface area (Å²) in [5.41, 5.74) is 3.55. The maximum Gasteiger partial charge on any atom is 0.255 e. The zero-order chi connectivity index (χ0) is 26.2. The number of carbonyl (C=O) groups is 1. The summed E-state index contributed by atoms with van der Waals surface area (Å²) in [6.45, 7) is 1.11. The van der Waals surface area contributed by atoms with E-state index in [0.717, 1.165) is 11.3 Å². The number of hydrogen-bond acceptors (Lipinski definition) is 7. The molecule has 1 N–H and O–H groups in total. The Morgan fingerprint density at radius 1 is 1.14 bits per heavy atom. The zero-order valence-corrected chi connectivity index (χ0v) is 20.5. The summed E-state index contributed by atoms with van der Waals surface area (Å²) in [7, 11) is 3.08. The lowest BCUT2D eigenvalue weighted by Crippen LogP contribution is -2.24. The van der Waals surface area contributed by atoms with Crippen molar-refractivity contribution < 1.29 is 14.3 Å². The summed E-state index contributed by atoms with van der Waals surface area (Å²) in [6, 6.07) is 16.0. The molecule has 0 aliphatic rings. The van der Waals surface area contributed by atoms with Gasteiger partial charge in [0.1, 0.15) is 11.4 Å². The van der Waals surface area contributed by atoms with Crippen molar-refractivity contribution in [2.75, 3.05) is 14.2 Å². The van der Waals surface area contributed by atoms with Crippen LogP contribution in [0.25, 0.3) is 0 Å². The summed E-state index contributed by atoms with van der Waals surface area (Å²) >= 11 is 0. The number of ether oxygens (including phenoxy) is 2. The van der Waals surface area contributed by atoms with Crippen molar-refractivity contribution in [2.24, 2.45) is 0 Å². The van der Waals surface area contributed by atoms with Gasteiger partial charge in [0, 0.05) is 38.3 Å². The Balaban J connectivity index is 1.46. The summed E-state index contributed by atoms with van der Waals surface area (Å²) < 4.78 is 13.7. The number of amides is 1. The van der Waals surface area contributed by atoms with Crippen LogP contribution in [0.1, 0.15) is 38.4 Å². The number of carbonyl (C=O) groups excluding carboxylic acids is 1. The van der Waals surface area contributed by atoms with Crippen LogP contribution in [0, 0.1) is 11.3 Å². The standard InChI is InChI=1S/C27H26N6O4/c1-36-18-25-24(27(35)30-14-21-11-23(37-2)9-7-20(21)12-28)17-33(31-25)15-19-6-8-22(29-13-19)16-32-10-4-3-5-26(32)34/h3-11,13,17H,14-16,18H2,1-2H3,(H,30,35). The summed E-state index contributed by atoms with van der Waals surface area (Å²) in [5, 5.41) is 16.7. The van der Waals surface area contributed by atoms with Crippen LogP contribution in [-0.2, 0) is 31.0 Å². The van der Waals surface area contributed by atoms with E-state index >= 15 is 0 Å². The summed E-state index contributed by atoms with van der Waals surface area (Å²) in [5.74, 6) is 0.276. The molecule has 0 saturated heterocycles. The van der Waals surface area contributed by atoms with Gasteiger partial charge in [0.05, 0.1) is 49.7 Å². The Hall–Kier alpha value is -4.75. The van der Waals surface area contributed by atoms with E-state index in [2.05, 4.69) is 21.5 Å². The lowest BCUT2D eigenvalue weighted by Gasteiger charge is -2.09. The lowest BCUT2D eigenvalue weighted by atomic mass is 10.1. The predicted molar refractivity (Wildman–Crippen MR) is 135 cm³/mol. The van der Waals surface area contributed by atoms with Gasteiger partial charge in [0.2, 0.25) is 0 Å². The van der Waals surface area contributed by atoms with Crippen molar-refractivity contribution in [3.05, 3.63) is 111 Å². The number of nitrogens with one attached hydrogen (secondary N) is 1. The monoisotopic (exact) mass is 498 g/mol. The first-order valence-electron chi connectivity index (χ1n) is 11.5. The van der Waals surface area contributed by atoms with Gasteiger partial charge in [-0.25, -0.2) is 0 Å². The molecular formula is C27H26N6O4. The zero-order valence-electron chi connectivity index (χ0n) is 20.5. The first-order chi connectivity index (χ1) is 18.0. The second-order valence-corrected chi connectivity index (χ2v) is 8.26. The van der Waals surface area contributed by atoms with E-state index in [1.807, 2.05) is 12.1 Å². The highest BCUT2D eigenvalue weighted by Crippen LogP contribution is 2.18. The van der Waals surface area contributed by atoms with Crippen LogP contribution in [0.4, 0.5) is 0 Å². The number of hydrogen-bond donors (Lipinski definition) is 1. The fraction of sp³-hybridized carbons (Fsp3) is 0.222. The minimum atomic E-state index is -0.327. The molecule has 0 atom stereocenters. The van der Waals surface area contributed by atoms with Crippen molar-refractivity contribution in [3.63, 3.8) is 0 Å². The van der Waals surface area contributed by atoms with Crippen molar-refractivity contribution in [2.45, 2.75) is 26.2 Å². The van der Waals surface area contributed by atoms with Gasteiger partial charge < -0.3 is 19.4 Å². The van der Waals surface area contributed by atoms with Crippen LogP contribution in [0.2, 0.25) is 0 Å². The topological polar surface area (TPSA) is 124 Å². The third-order valence-corrected chi connectivity index (χ3v) is 5.70. The Kier molecular flexibility index (Phi) is 8.08. The van der Waals surface area contributed by atoms with Gasteiger partial charge in [0.25, 0.3) is 11.5 Å². The van der Waals surface area contributed by atoms with E-state index in [4.69, 9.17) is 9.47 Å². The van der Waals surface area contributed by atoms with Crippen LogP contribution in [0.15, 0.2) is 71.9 Å². The average molecular weight is 499 g/mol. The molecule has 4 rings (SSSR count). The van der Waals surface area contributed by atoms with Crippen LogP contribution >= 0.6 is 0 Å². The highest BCUT2D eigenvalue weighted by atomic mass is 16.5. The lowest BCUT2D eigenvalue weighted by molar-refractivity contribution is 0.0945. The van der Waals surface area contributed by atoms with E-state index in [-0.39, 0.29) is 24.6 Å². The molecule has 0 aliphatic heterocycles. The quantitative estimate of drug-likeness (QED) is 0.356. The maximum absolute atomic E-state index is 13.0. The molecule has 188 valence electrons. The van der Waals surface area contributed by atoms with E-state index in [1.165, 1.54) is 13.2 Å². The highest BCUT2D eigenvalue weighted by Gasteiger charge is 2.17. The Bertz CT molecular complexity index is 1480. The van der Waals surface area contributed by atoms with Gasteiger partial charge in [-0.15, -0.1) is 0 Å². The molecule has 4 aromatic rings. The molecule has 0 saturated carbocycles. The molecule has 0 spiro atoms. The fourth-order valence-corrected chi connectivity index (χ4v) is 3.79. The van der Waals surface area contributed by atoms with Crippen LogP contribution in [-0.4, -0.2) is 39.5 Å². The van der Waals surface area contributed by atoms with Crippen LogP contribution < -0.4 is 15.6 Å². The molecule has 0 bridgehead atoms. The number of aromatic nitrogens is 4. The number of nitrogens with zero attached hydrogens (tertiary/aromatic N) is 5. The van der Waals surface area contributed by atoms with Gasteiger partial charge in [0.15, 0.2) is 0 Å². The van der Waals surface area contributed by atoms with E-state index < -0.39 is 0 Å². The van der Waals surface area contributed by atoms with Crippen molar-refractivity contribution in [1.29, 1.82) is 5.26 Å². The molecule has 1 aromatic carbocycles. The number of benzene rings is 1. The Labute approximate surface area is 213 Å². The first kappa shape index (κ1) is 25.3.